The Kier molecular flexibility index (Phi) is 1.71. The van der Waals surface area contributed by atoms with Crippen molar-refractivity contribution in [3.8, 4) is 0 Å². The second kappa shape index (κ2) is 2.47. The Morgan fingerprint density at radius 2 is 2.27 bits per heavy atom. The van der Waals surface area contributed by atoms with E-state index in [4.69, 9.17) is 4.74 Å². The lowest BCUT2D eigenvalue weighted by atomic mass is 9.81. The smallest absolute Gasteiger partial charge is 0.309 e. The third-order valence-electron chi connectivity index (χ3n) is 2.74. The molecule has 3 heteroatoms. The Labute approximate surface area is 74.4 Å². The quantitative estimate of drug-likeness (QED) is 0.458. The standard InChI is InChI=1S/C8H11BrO2/c1-4-2-6(9)7-3-5(4)8(10)11-7/h4-7H,2-3H2,1H3/t4-,5-,6-,7+/m1/s1. The van der Waals surface area contributed by atoms with E-state index >= 15 is 0 Å². The topological polar surface area (TPSA) is 26.3 Å². The molecule has 0 amide bonds. The summed E-state index contributed by atoms with van der Waals surface area (Å²) in [5.41, 5.74) is 0. The fourth-order valence-corrected chi connectivity index (χ4v) is 2.90. The Morgan fingerprint density at radius 3 is 3.00 bits per heavy atom. The molecule has 0 aromatic carbocycles. The molecule has 2 aliphatic rings. The zero-order valence-electron chi connectivity index (χ0n) is 6.42. The summed E-state index contributed by atoms with van der Waals surface area (Å²) >= 11 is 3.53. The van der Waals surface area contributed by atoms with Crippen molar-refractivity contribution in [2.45, 2.75) is 30.7 Å². The summed E-state index contributed by atoms with van der Waals surface area (Å²) in [5, 5.41) is 0. The molecule has 1 aliphatic heterocycles. The van der Waals surface area contributed by atoms with Gasteiger partial charge in [0.25, 0.3) is 0 Å². The summed E-state index contributed by atoms with van der Waals surface area (Å²) in [6, 6.07) is 0. The van der Waals surface area contributed by atoms with Crippen LogP contribution in [-0.4, -0.2) is 16.9 Å². The van der Waals surface area contributed by atoms with Crippen LogP contribution in [0.25, 0.3) is 0 Å². The third-order valence-corrected chi connectivity index (χ3v) is 3.71. The highest BCUT2D eigenvalue weighted by Gasteiger charge is 2.46. The van der Waals surface area contributed by atoms with Crippen molar-refractivity contribution in [3.63, 3.8) is 0 Å². The number of fused-ring (bicyclic) bond motifs is 2. The van der Waals surface area contributed by atoms with Crippen LogP contribution in [0.2, 0.25) is 0 Å². The highest BCUT2D eigenvalue weighted by molar-refractivity contribution is 9.09. The normalized spacial score (nSPS) is 49.1. The number of ether oxygens (including phenoxy) is 1. The van der Waals surface area contributed by atoms with Gasteiger partial charge in [0.2, 0.25) is 0 Å². The van der Waals surface area contributed by atoms with E-state index in [-0.39, 0.29) is 18.0 Å². The molecule has 0 aromatic heterocycles. The van der Waals surface area contributed by atoms with Gasteiger partial charge in [-0.25, -0.2) is 0 Å². The first-order valence-corrected chi connectivity index (χ1v) is 4.94. The lowest BCUT2D eigenvalue weighted by molar-refractivity contribution is -0.143. The predicted molar refractivity (Wildman–Crippen MR) is 44.5 cm³/mol. The molecule has 0 N–H and O–H groups in total. The molecule has 1 aliphatic carbocycles. The maximum atomic E-state index is 11.2. The number of alkyl halides is 1. The average molecular weight is 219 g/mol. The van der Waals surface area contributed by atoms with Crippen molar-refractivity contribution < 1.29 is 9.53 Å². The molecule has 0 unspecified atom stereocenters. The van der Waals surface area contributed by atoms with Gasteiger partial charge in [0.15, 0.2) is 0 Å². The summed E-state index contributed by atoms with van der Waals surface area (Å²) in [7, 11) is 0. The number of halogens is 1. The third kappa shape index (κ3) is 1.10. The predicted octanol–water partition coefficient (Wildman–Crippen LogP) is 1.72. The van der Waals surface area contributed by atoms with Gasteiger partial charge in [-0.05, 0) is 18.8 Å². The van der Waals surface area contributed by atoms with E-state index in [2.05, 4.69) is 22.9 Å². The lowest BCUT2D eigenvalue weighted by Crippen LogP contribution is -2.28. The van der Waals surface area contributed by atoms with Gasteiger partial charge in [-0.15, -0.1) is 0 Å². The zero-order chi connectivity index (χ0) is 8.01. The Hall–Kier alpha value is -0.0500. The van der Waals surface area contributed by atoms with Gasteiger partial charge >= 0.3 is 5.97 Å². The number of hydrogen-bond acceptors (Lipinski definition) is 2. The summed E-state index contributed by atoms with van der Waals surface area (Å²) in [6.45, 7) is 2.13. The average Bonchev–Trinajstić information content (AvgIpc) is 2.26. The highest BCUT2D eigenvalue weighted by Crippen LogP contribution is 2.41. The van der Waals surface area contributed by atoms with Gasteiger partial charge in [-0.2, -0.15) is 0 Å². The monoisotopic (exact) mass is 218 g/mol. The van der Waals surface area contributed by atoms with Crippen LogP contribution in [0.3, 0.4) is 0 Å². The number of carbonyl (C=O) groups excluding carboxylic acids is 1. The van der Waals surface area contributed by atoms with Gasteiger partial charge in [0, 0.05) is 0 Å². The number of carbonyl (C=O) groups is 1. The molecule has 0 spiro atoms. The number of esters is 1. The van der Waals surface area contributed by atoms with Crippen molar-refractivity contribution in [3.05, 3.63) is 0 Å². The maximum absolute atomic E-state index is 11.2. The van der Waals surface area contributed by atoms with Crippen LogP contribution in [0.15, 0.2) is 0 Å². The SMILES string of the molecule is C[C@@H]1C[C@@H](Br)[C@@H]2C[C@H]1C(=O)O2. The molecule has 2 bridgehead atoms. The molecule has 2 nitrogen and oxygen atoms in total. The molecule has 2 rings (SSSR count). The molecular weight excluding hydrogens is 208 g/mol. The minimum atomic E-state index is 0.0180. The van der Waals surface area contributed by atoms with Crippen molar-refractivity contribution in [1.29, 1.82) is 0 Å². The van der Waals surface area contributed by atoms with E-state index < -0.39 is 0 Å². The Bertz CT molecular complexity index is 193. The minimum Gasteiger partial charge on any atom is -0.461 e. The van der Waals surface area contributed by atoms with E-state index in [0.717, 1.165) is 12.8 Å². The fourth-order valence-electron chi connectivity index (χ4n) is 1.99. The Morgan fingerprint density at radius 1 is 1.55 bits per heavy atom. The minimum absolute atomic E-state index is 0.0180. The Balaban J connectivity index is 2.20. The van der Waals surface area contributed by atoms with Crippen LogP contribution in [0.4, 0.5) is 0 Å². The molecule has 4 atom stereocenters. The van der Waals surface area contributed by atoms with E-state index in [1.807, 2.05) is 0 Å². The van der Waals surface area contributed by atoms with Crippen LogP contribution in [0, 0.1) is 11.8 Å². The zero-order valence-corrected chi connectivity index (χ0v) is 8.00. The first kappa shape index (κ1) is 7.59. The first-order valence-electron chi connectivity index (χ1n) is 4.03. The van der Waals surface area contributed by atoms with Gasteiger partial charge in [-0.1, -0.05) is 22.9 Å². The van der Waals surface area contributed by atoms with Crippen LogP contribution in [-0.2, 0) is 9.53 Å². The summed E-state index contributed by atoms with van der Waals surface area (Å²) < 4.78 is 5.18. The van der Waals surface area contributed by atoms with Crippen LogP contribution < -0.4 is 0 Å². The summed E-state index contributed by atoms with van der Waals surface area (Å²) in [5.74, 6) is 0.698. The van der Waals surface area contributed by atoms with E-state index in [1.165, 1.54) is 0 Å². The molecule has 0 aromatic rings. The molecule has 62 valence electrons. The van der Waals surface area contributed by atoms with Gasteiger partial charge in [-0.3, -0.25) is 4.79 Å². The maximum Gasteiger partial charge on any atom is 0.309 e. The van der Waals surface area contributed by atoms with Gasteiger partial charge < -0.3 is 4.74 Å². The highest BCUT2D eigenvalue weighted by atomic mass is 79.9. The van der Waals surface area contributed by atoms with Gasteiger partial charge in [0.1, 0.15) is 6.10 Å². The van der Waals surface area contributed by atoms with Crippen molar-refractivity contribution in [2.24, 2.45) is 11.8 Å². The molecular formula is C8H11BrO2. The lowest BCUT2D eigenvalue weighted by Gasteiger charge is -2.25. The van der Waals surface area contributed by atoms with Crippen LogP contribution in [0.5, 0.6) is 0 Å². The van der Waals surface area contributed by atoms with E-state index in [0.29, 0.717) is 10.7 Å². The van der Waals surface area contributed by atoms with Crippen molar-refractivity contribution in [1.82, 2.24) is 0 Å². The summed E-state index contributed by atoms with van der Waals surface area (Å²) in [6.07, 6.45) is 2.15. The molecule has 1 saturated carbocycles. The summed E-state index contributed by atoms with van der Waals surface area (Å²) in [4.78, 5) is 11.6. The van der Waals surface area contributed by atoms with Crippen molar-refractivity contribution in [2.75, 3.05) is 0 Å². The second-order valence-electron chi connectivity index (χ2n) is 3.55. The molecule has 0 radical (unpaired) electrons. The molecule has 1 saturated heterocycles. The fraction of sp³-hybridized carbons (Fsp3) is 0.875. The number of rotatable bonds is 0. The van der Waals surface area contributed by atoms with Crippen LogP contribution in [0.1, 0.15) is 19.8 Å². The van der Waals surface area contributed by atoms with Crippen LogP contribution >= 0.6 is 15.9 Å². The largest absolute Gasteiger partial charge is 0.461 e. The molecule has 2 fully saturated rings. The number of hydrogen-bond donors (Lipinski definition) is 0. The second-order valence-corrected chi connectivity index (χ2v) is 4.72. The van der Waals surface area contributed by atoms with Gasteiger partial charge in [0.05, 0.1) is 10.7 Å². The van der Waals surface area contributed by atoms with E-state index in [1.54, 1.807) is 0 Å². The molecule has 1 heterocycles. The van der Waals surface area contributed by atoms with Crippen molar-refractivity contribution >= 4 is 21.9 Å². The van der Waals surface area contributed by atoms with E-state index in [9.17, 15) is 4.79 Å². The first-order chi connectivity index (χ1) is 5.18. The molecule has 11 heavy (non-hydrogen) atoms.